The molecule has 0 aliphatic carbocycles. The fourth-order valence-corrected chi connectivity index (χ4v) is 2.00. The molecule has 2 heterocycles. The van der Waals surface area contributed by atoms with E-state index in [1.165, 1.54) is 6.92 Å². The van der Waals surface area contributed by atoms with Gasteiger partial charge in [0.15, 0.2) is 11.6 Å². The molecule has 0 radical (unpaired) electrons. The zero-order valence-corrected chi connectivity index (χ0v) is 10.7. The Morgan fingerprint density at radius 1 is 1.21 bits per heavy atom. The summed E-state index contributed by atoms with van der Waals surface area (Å²) in [5.41, 5.74) is 2.25. The second-order valence-corrected chi connectivity index (χ2v) is 4.33. The first-order valence-corrected chi connectivity index (χ1v) is 5.95. The maximum absolute atomic E-state index is 11.5. The van der Waals surface area contributed by atoms with Gasteiger partial charge in [-0.1, -0.05) is 30.3 Å². The highest BCUT2D eigenvalue weighted by Gasteiger charge is 2.13. The molecule has 0 atom stereocenters. The van der Waals surface area contributed by atoms with Crippen LogP contribution in [0.25, 0.3) is 17.2 Å². The zero-order chi connectivity index (χ0) is 13.4. The Hall–Kier alpha value is -2.56. The number of benzene rings is 1. The van der Waals surface area contributed by atoms with Crippen molar-refractivity contribution in [3.63, 3.8) is 0 Å². The number of aromatic nitrogens is 4. The molecule has 0 aliphatic heterocycles. The van der Waals surface area contributed by atoms with Crippen LogP contribution in [0.5, 0.6) is 0 Å². The fourth-order valence-electron chi connectivity index (χ4n) is 2.00. The van der Waals surface area contributed by atoms with Gasteiger partial charge in [0, 0.05) is 11.8 Å². The van der Waals surface area contributed by atoms with Crippen molar-refractivity contribution >= 4 is 11.6 Å². The van der Waals surface area contributed by atoms with Crippen LogP contribution in [0.3, 0.4) is 0 Å². The number of fused-ring (bicyclic) bond motifs is 1. The van der Waals surface area contributed by atoms with Crippen molar-refractivity contribution in [2.45, 2.75) is 13.8 Å². The minimum Gasteiger partial charge on any atom is -0.294 e. The Labute approximate surface area is 109 Å². The summed E-state index contributed by atoms with van der Waals surface area (Å²) < 4.78 is 1.61. The zero-order valence-electron chi connectivity index (χ0n) is 10.7. The molecule has 3 rings (SSSR count). The van der Waals surface area contributed by atoms with Crippen molar-refractivity contribution in [1.29, 1.82) is 0 Å². The molecule has 5 heteroatoms. The Kier molecular flexibility index (Phi) is 2.59. The van der Waals surface area contributed by atoms with Crippen LogP contribution in [-0.4, -0.2) is 25.4 Å². The lowest BCUT2D eigenvalue weighted by molar-refractivity contribution is 0.101. The van der Waals surface area contributed by atoms with Crippen LogP contribution in [0.15, 0.2) is 36.5 Å². The molecule has 1 aromatic carbocycles. The van der Waals surface area contributed by atoms with Gasteiger partial charge in [-0.25, -0.2) is 9.50 Å². The quantitative estimate of drug-likeness (QED) is 0.656. The number of carbonyl (C=O) groups is 1. The molecule has 0 spiro atoms. The van der Waals surface area contributed by atoms with Gasteiger partial charge in [-0.2, -0.15) is 4.98 Å². The summed E-state index contributed by atoms with van der Waals surface area (Å²) in [6, 6.07) is 9.69. The summed E-state index contributed by atoms with van der Waals surface area (Å²) in [6.07, 6.45) is 1.55. The molecule has 0 saturated heterocycles. The van der Waals surface area contributed by atoms with Gasteiger partial charge >= 0.3 is 0 Å². The molecule has 5 nitrogen and oxygen atoms in total. The van der Waals surface area contributed by atoms with Crippen molar-refractivity contribution < 1.29 is 4.79 Å². The molecular formula is C14H12N4O. The van der Waals surface area contributed by atoms with Gasteiger partial charge in [-0.3, -0.25) is 4.79 Å². The monoisotopic (exact) mass is 252 g/mol. The molecule has 0 bridgehead atoms. The van der Waals surface area contributed by atoms with Crippen LogP contribution >= 0.6 is 0 Å². The maximum Gasteiger partial charge on any atom is 0.252 e. The third-order valence-corrected chi connectivity index (χ3v) is 3.02. The second kappa shape index (κ2) is 4.28. The molecular weight excluding hydrogens is 240 g/mol. The summed E-state index contributed by atoms with van der Waals surface area (Å²) in [6.45, 7) is 3.36. The van der Waals surface area contributed by atoms with E-state index < -0.39 is 0 Å². The van der Waals surface area contributed by atoms with E-state index in [1.807, 2.05) is 37.3 Å². The van der Waals surface area contributed by atoms with Gasteiger partial charge in [0.2, 0.25) is 0 Å². The Morgan fingerprint density at radius 3 is 2.63 bits per heavy atom. The van der Waals surface area contributed by atoms with Crippen molar-refractivity contribution in [3.05, 3.63) is 47.8 Å². The Balaban J connectivity index is 2.22. The predicted molar refractivity (Wildman–Crippen MR) is 71.0 cm³/mol. The number of aryl methyl sites for hydroxylation is 1. The lowest BCUT2D eigenvalue weighted by Gasteiger charge is -2.01. The third-order valence-electron chi connectivity index (χ3n) is 3.02. The average molecular weight is 252 g/mol. The van der Waals surface area contributed by atoms with E-state index in [4.69, 9.17) is 0 Å². The second-order valence-electron chi connectivity index (χ2n) is 4.33. The molecule has 94 valence electrons. The molecule has 0 N–H and O–H groups in total. The number of carbonyl (C=O) groups excluding carboxylic acids is 1. The SMILES string of the molecule is CC(=O)c1cnc2nc(-c3ccccc3)nn2c1C. The van der Waals surface area contributed by atoms with Crippen molar-refractivity contribution in [2.75, 3.05) is 0 Å². The normalized spacial score (nSPS) is 10.8. The van der Waals surface area contributed by atoms with Crippen LogP contribution in [0.1, 0.15) is 23.0 Å². The summed E-state index contributed by atoms with van der Waals surface area (Å²) >= 11 is 0. The molecule has 19 heavy (non-hydrogen) atoms. The minimum atomic E-state index is -0.0244. The van der Waals surface area contributed by atoms with Gasteiger partial charge in [-0.15, -0.1) is 5.10 Å². The number of rotatable bonds is 2. The highest BCUT2D eigenvalue weighted by atomic mass is 16.1. The van der Waals surface area contributed by atoms with Crippen LogP contribution in [0, 0.1) is 6.92 Å². The molecule has 0 unspecified atom stereocenters. The van der Waals surface area contributed by atoms with Crippen LogP contribution < -0.4 is 0 Å². The van der Waals surface area contributed by atoms with E-state index in [-0.39, 0.29) is 5.78 Å². The lowest BCUT2D eigenvalue weighted by atomic mass is 10.2. The summed E-state index contributed by atoms with van der Waals surface area (Å²) in [5, 5.41) is 4.42. The van der Waals surface area contributed by atoms with Crippen molar-refractivity contribution in [2.24, 2.45) is 0 Å². The van der Waals surface area contributed by atoms with E-state index in [0.29, 0.717) is 17.2 Å². The highest BCUT2D eigenvalue weighted by molar-refractivity contribution is 5.94. The van der Waals surface area contributed by atoms with Gasteiger partial charge in [0.1, 0.15) is 0 Å². The van der Waals surface area contributed by atoms with Crippen LogP contribution in [0.2, 0.25) is 0 Å². The van der Waals surface area contributed by atoms with Gasteiger partial charge in [0.05, 0.1) is 11.3 Å². The molecule has 3 aromatic rings. The van der Waals surface area contributed by atoms with Crippen molar-refractivity contribution in [3.8, 4) is 11.4 Å². The summed E-state index contributed by atoms with van der Waals surface area (Å²) in [5.74, 6) is 1.09. The molecule has 0 amide bonds. The highest BCUT2D eigenvalue weighted by Crippen LogP contribution is 2.16. The lowest BCUT2D eigenvalue weighted by Crippen LogP contribution is -2.05. The number of ketones is 1. The summed E-state index contributed by atoms with van der Waals surface area (Å²) in [7, 11) is 0. The first-order valence-electron chi connectivity index (χ1n) is 5.95. The van der Waals surface area contributed by atoms with E-state index in [0.717, 1.165) is 11.3 Å². The Bertz CT molecular complexity index is 762. The number of Topliss-reactive ketones (excluding diaryl/α,β-unsaturated/α-hetero) is 1. The largest absolute Gasteiger partial charge is 0.294 e. The van der Waals surface area contributed by atoms with E-state index in [1.54, 1.807) is 10.7 Å². The summed E-state index contributed by atoms with van der Waals surface area (Å²) in [4.78, 5) is 20.0. The molecule has 0 saturated carbocycles. The molecule has 2 aromatic heterocycles. The molecule has 0 aliphatic rings. The third kappa shape index (κ3) is 1.89. The van der Waals surface area contributed by atoms with Gasteiger partial charge in [-0.05, 0) is 13.8 Å². The van der Waals surface area contributed by atoms with Crippen LogP contribution in [0.4, 0.5) is 0 Å². The van der Waals surface area contributed by atoms with E-state index >= 15 is 0 Å². The fraction of sp³-hybridized carbons (Fsp3) is 0.143. The van der Waals surface area contributed by atoms with E-state index in [2.05, 4.69) is 15.1 Å². The Morgan fingerprint density at radius 2 is 1.95 bits per heavy atom. The van der Waals surface area contributed by atoms with Gasteiger partial charge in [0.25, 0.3) is 5.78 Å². The standard InChI is InChI=1S/C14H12N4O/c1-9-12(10(2)19)8-15-14-16-13(17-18(9)14)11-6-4-3-5-7-11/h3-8H,1-2H3. The van der Waals surface area contributed by atoms with Crippen molar-refractivity contribution in [1.82, 2.24) is 19.6 Å². The maximum atomic E-state index is 11.5. The smallest absolute Gasteiger partial charge is 0.252 e. The van der Waals surface area contributed by atoms with Crippen LogP contribution in [-0.2, 0) is 0 Å². The van der Waals surface area contributed by atoms with E-state index in [9.17, 15) is 4.79 Å². The predicted octanol–water partition coefficient (Wildman–Crippen LogP) is 2.30. The first-order chi connectivity index (χ1) is 9.16. The minimum absolute atomic E-state index is 0.0244. The number of nitrogens with zero attached hydrogens (tertiary/aromatic N) is 4. The number of hydrogen-bond donors (Lipinski definition) is 0. The first kappa shape index (κ1) is 11.5. The molecule has 0 fully saturated rings. The average Bonchev–Trinajstić information content (AvgIpc) is 2.85. The number of hydrogen-bond acceptors (Lipinski definition) is 4. The topological polar surface area (TPSA) is 60.2 Å². The van der Waals surface area contributed by atoms with Gasteiger partial charge < -0.3 is 0 Å².